The van der Waals surface area contributed by atoms with E-state index in [9.17, 15) is 0 Å². The Bertz CT molecular complexity index is 1630. The summed E-state index contributed by atoms with van der Waals surface area (Å²) in [5, 5.41) is 5.29. The van der Waals surface area contributed by atoms with Crippen LogP contribution in [0.25, 0.3) is 55.7 Å². The van der Waals surface area contributed by atoms with Gasteiger partial charge < -0.3 is 0 Å². The van der Waals surface area contributed by atoms with Crippen molar-refractivity contribution in [2.24, 2.45) is 0 Å². The number of aromatic nitrogens is 3. The van der Waals surface area contributed by atoms with Crippen LogP contribution >= 0.6 is 11.6 Å². The minimum atomic E-state index is 0.596. The van der Waals surface area contributed by atoms with Gasteiger partial charge in [0.2, 0.25) is 0 Å². The standard InChI is InChI=1S/C29H18ClN3/c30-22-13-8-12-21(17-22)28-31-27(19-9-2-1-3-10-19)32-29(33-28)26-18-20-11-4-5-14-23(20)24-15-6-7-16-25(24)26/h1-18H. The largest absolute Gasteiger partial charge is 0.208 e. The number of nitrogens with zero attached hydrogens (tertiary/aromatic N) is 3. The number of halogens is 1. The van der Waals surface area contributed by atoms with Crippen LogP contribution in [0.2, 0.25) is 5.02 Å². The van der Waals surface area contributed by atoms with Crippen molar-refractivity contribution in [3.05, 3.63) is 114 Å². The molecule has 3 nitrogen and oxygen atoms in total. The van der Waals surface area contributed by atoms with Gasteiger partial charge in [-0.1, -0.05) is 103 Å². The number of rotatable bonds is 3. The van der Waals surface area contributed by atoms with Crippen LogP contribution in [0.3, 0.4) is 0 Å². The Hall–Kier alpha value is -4.08. The topological polar surface area (TPSA) is 38.7 Å². The average Bonchev–Trinajstić information content (AvgIpc) is 2.88. The molecule has 6 rings (SSSR count). The van der Waals surface area contributed by atoms with Crippen LogP contribution in [0.4, 0.5) is 0 Å². The molecule has 0 fully saturated rings. The molecule has 0 bridgehead atoms. The van der Waals surface area contributed by atoms with Crippen molar-refractivity contribution < 1.29 is 0 Å². The Balaban J connectivity index is 1.67. The predicted molar refractivity (Wildman–Crippen MR) is 136 cm³/mol. The molecule has 0 aliphatic carbocycles. The monoisotopic (exact) mass is 443 g/mol. The van der Waals surface area contributed by atoms with Crippen molar-refractivity contribution in [3.8, 4) is 34.2 Å². The molecule has 4 heteroatoms. The molecule has 0 saturated heterocycles. The van der Waals surface area contributed by atoms with E-state index in [-0.39, 0.29) is 0 Å². The fourth-order valence-electron chi connectivity index (χ4n) is 4.21. The van der Waals surface area contributed by atoms with E-state index in [4.69, 9.17) is 26.6 Å². The summed E-state index contributed by atoms with van der Waals surface area (Å²) in [4.78, 5) is 14.6. The second-order valence-corrected chi connectivity index (χ2v) is 8.31. The van der Waals surface area contributed by atoms with E-state index in [0.717, 1.165) is 27.5 Å². The first-order chi connectivity index (χ1) is 16.3. The zero-order valence-corrected chi connectivity index (χ0v) is 18.4. The fraction of sp³-hybridized carbons (Fsp3) is 0. The Morgan fingerprint density at radius 2 is 1.06 bits per heavy atom. The molecule has 6 aromatic rings. The van der Waals surface area contributed by atoms with Gasteiger partial charge in [-0.05, 0) is 39.7 Å². The van der Waals surface area contributed by atoms with Gasteiger partial charge >= 0.3 is 0 Å². The average molecular weight is 444 g/mol. The van der Waals surface area contributed by atoms with Crippen molar-refractivity contribution >= 4 is 33.1 Å². The summed E-state index contributed by atoms with van der Waals surface area (Å²) in [5.74, 6) is 1.87. The van der Waals surface area contributed by atoms with E-state index in [1.807, 2.05) is 54.6 Å². The highest BCUT2D eigenvalue weighted by molar-refractivity contribution is 6.30. The molecule has 1 heterocycles. The van der Waals surface area contributed by atoms with E-state index in [1.165, 1.54) is 10.8 Å². The maximum absolute atomic E-state index is 6.28. The third-order valence-electron chi connectivity index (χ3n) is 5.76. The Kier molecular flexibility index (Phi) is 4.82. The van der Waals surface area contributed by atoms with Gasteiger partial charge in [-0.3, -0.25) is 0 Å². The van der Waals surface area contributed by atoms with Crippen LogP contribution in [-0.4, -0.2) is 15.0 Å². The van der Waals surface area contributed by atoms with Gasteiger partial charge in [0.05, 0.1) is 0 Å². The highest BCUT2D eigenvalue weighted by Gasteiger charge is 2.15. The Morgan fingerprint density at radius 3 is 1.85 bits per heavy atom. The lowest BCUT2D eigenvalue weighted by molar-refractivity contribution is 1.08. The van der Waals surface area contributed by atoms with Crippen LogP contribution in [0.1, 0.15) is 0 Å². The molecule has 0 aliphatic heterocycles. The lowest BCUT2D eigenvalue weighted by atomic mass is 9.97. The number of fused-ring (bicyclic) bond motifs is 3. The molecule has 0 amide bonds. The maximum Gasteiger partial charge on any atom is 0.164 e. The third-order valence-corrected chi connectivity index (χ3v) is 5.99. The molecule has 156 valence electrons. The summed E-state index contributed by atoms with van der Waals surface area (Å²) in [6, 6.07) is 36.6. The minimum absolute atomic E-state index is 0.596. The van der Waals surface area contributed by atoms with Gasteiger partial charge in [0, 0.05) is 21.7 Å². The quantitative estimate of drug-likeness (QED) is 0.261. The zero-order chi connectivity index (χ0) is 22.2. The first kappa shape index (κ1) is 19.6. The van der Waals surface area contributed by atoms with Crippen molar-refractivity contribution in [1.82, 2.24) is 15.0 Å². The molecule has 0 radical (unpaired) electrons. The van der Waals surface area contributed by atoms with E-state index < -0.39 is 0 Å². The summed E-state index contributed by atoms with van der Waals surface area (Å²) in [6.07, 6.45) is 0. The lowest BCUT2D eigenvalue weighted by Crippen LogP contribution is -2.00. The normalized spacial score (nSPS) is 11.2. The van der Waals surface area contributed by atoms with Crippen LogP contribution < -0.4 is 0 Å². The third kappa shape index (κ3) is 3.63. The van der Waals surface area contributed by atoms with Crippen LogP contribution in [0, 0.1) is 0 Å². The van der Waals surface area contributed by atoms with Crippen LogP contribution in [0.5, 0.6) is 0 Å². The van der Waals surface area contributed by atoms with E-state index in [0.29, 0.717) is 22.5 Å². The van der Waals surface area contributed by atoms with Gasteiger partial charge in [-0.25, -0.2) is 15.0 Å². The summed E-state index contributed by atoms with van der Waals surface area (Å²) in [5.41, 5.74) is 2.77. The molecule has 5 aromatic carbocycles. The maximum atomic E-state index is 6.28. The fourth-order valence-corrected chi connectivity index (χ4v) is 4.40. The molecule has 0 aliphatic rings. The van der Waals surface area contributed by atoms with Crippen molar-refractivity contribution in [2.45, 2.75) is 0 Å². The van der Waals surface area contributed by atoms with Gasteiger partial charge in [0.25, 0.3) is 0 Å². The number of hydrogen-bond acceptors (Lipinski definition) is 3. The van der Waals surface area contributed by atoms with E-state index >= 15 is 0 Å². The smallest absolute Gasteiger partial charge is 0.164 e. The number of hydrogen-bond donors (Lipinski definition) is 0. The molecule has 0 N–H and O–H groups in total. The van der Waals surface area contributed by atoms with Gasteiger partial charge in [-0.15, -0.1) is 0 Å². The van der Waals surface area contributed by atoms with Crippen LogP contribution in [-0.2, 0) is 0 Å². The molecule has 33 heavy (non-hydrogen) atoms. The summed E-state index contributed by atoms with van der Waals surface area (Å²) in [6.45, 7) is 0. The highest BCUT2D eigenvalue weighted by atomic mass is 35.5. The molecule has 0 atom stereocenters. The lowest BCUT2D eigenvalue weighted by Gasteiger charge is -2.12. The molecule has 0 spiro atoms. The van der Waals surface area contributed by atoms with Crippen LogP contribution in [0.15, 0.2) is 109 Å². The first-order valence-corrected chi connectivity index (χ1v) is 11.1. The molecule has 0 unspecified atom stereocenters. The second-order valence-electron chi connectivity index (χ2n) is 7.87. The Labute approximate surface area is 196 Å². The SMILES string of the molecule is Clc1cccc(-c2nc(-c3ccccc3)nc(-c3cc4ccccc4c4ccccc34)n2)c1. The zero-order valence-electron chi connectivity index (χ0n) is 17.6. The molecular weight excluding hydrogens is 426 g/mol. The number of benzene rings is 5. The Morgan fingerprint density at radius 1 is 0.455 bits per heavy atom. The molecular formula is C29H18ClN3. The van der Waals surface area contributed by atoms with Crippen molar-refractivity contribution in [3.63, 3.8) is 0 Å². The summed E-state index contributed by atoms with van der Waals surface area (Å²) >= 11 is 6.28. The first-order valence-electron chi connectivity index (χ1n) is 10.7. The molecule has 0 saturated carbocycles. The van der Waals surface area contributed by atoms with Gasteiger partial charge in [0.1, 0.15) is 0 Å². The van der Waals surface area contributed by atoms with E-state index in [1.54, 1.807) is 0 Å². The highest BCUT2D eigenvalue weighted by Crippen LogP contribution is 2.35. The summed E-state index contributed by atoms with van der Waals surface area (Å²) < 4.78 is 0. The van der Waals surface area contributed by atoms with Crippen molar-refractivity contribution in [1.29, 1.82) is 0 Å². The van der Waals surface area contributed by atoms with E-state index in [2.05, 4.69) is 54.6 Å². The van der Waals surface area contributed by atoms with Gasteiger partial charge in [-0.2, -0.15) is 0 Å². The second kappa shape index (κ2) is 8.12. The predicted octanol–water partition coefficient (Wildman–Crippen LogP) is 7.83. The minimum Gasteiger partial charge on any atom is -0.208 e. The molecule has 1 aromatic heterocycles. The van der Waals surface area contributed by atoms with Gasteiger partial charge in [0.15, 0.2) is 17.5 Å². The summed E-state index contributed by atoms with van der Waals surface area (Å²) in [7, 11) is 0. The van der Waals surface area contributed by atoms with Crippen molar-refractivity contribution in [2.75, 3.05) is 0 Å².